The van der Waals surface area contributed by atoms with Crippen molar-refractivity contribution in [1.82, 2.24) is 9.88 Å². The minimum Gasteiger partial charge on any atom is -0.480 e. The number of aliphatic carboxylic acids is 2. The lowest BCUT2D eigenvalue weighted by Gasteiger charge is -2.33. The lowest BCUT2D eigenvalue weighted by atomic mass is 9.98. The maximum absolute atomic E-state index is 14.9. The summed E-state index contributed by atoms with van der Waals surface area (Å²) < 4.78 is 40.4. The maximum Gasteiger partial charge on any atom is 0.344 e. The Kier molecular flexibility index (Phi) is 12.9. The number of carboxylic acids is 2. The van der Waals surface area contributed by atoms with Crippen LogP contribution in [0, 0.1) is 11.6 Å². The fourth-order valence-corrected chi connectivity index (χ4v) is 4.65. The van der Waals surface area contributed by atoms with Gasteiger partial charge in [-0.05, 0) is 54.6 Å². The van der Waals surface area contributed by atoms with E-state index in [1.165, 1.54) is 0 Å². The average molecular weight is 629 g/mol. The molecule has 0 aliphatic carbocycles. The number of benzene rings is 2. The number of nitrogens with two attached hydrogens (primary N) is 1. The standard InChI is InChI=1S/C29H31F2N3O6.2ClH/c1-2-24(29(37)38)39-26-21(30)14-22(31)27(33-26)40-25-13-19(18-7-5-6-17(12-18)15-32)9-10-20(25)16-34-11-4-3-8-23(34)28(35)36;;/h5-7,9-10,12-14,23-24H,2-4,8,11,15-16,32H2,1H3,(H,35,36)(H,37,38);2*1H/t23?,24-;;/m1../s1. The summed E-state index contributed by atoms with van der Waals surface area (Å²) in [6.45, 7) is 2.65. The summed E-state index contributed by atoms with van der Waals surface area (Å²) in [4.78, 5) is 28.9. The van der Waals surface area contributed by atoms with E-state index in [0.29, 0.717) is 31.1 Å². The van der Waals surface area contributed by atoms with Gasteiger partial charge in [0.15, 0.2) is 17.7 Å². The van der Waals surface area contributed by atoms with Crippen LogP contribution in [0.4, 0.5) is 8.78 Å². The summed E-state index contributed by atoms with van der Waals surface area (Å²) in [5.41, 5.74) is 8.81. The van der Waals surface area contributed by atoms with Crippen LogP contribution in [0.1, 0.15) is 43.7 Å². The highest BCUT2D eigenvalue weighted by molar-refractivity contribution is 5.85. The van der Waals surface area contributed by atoms with Gasteiger partial charge in [0.05, 0.1) is 0 Å². The smallest absolute Gasteiger partial charge is 0.344 e. The van der Waals surface area contributed by atoms with Crippen molar-refractivity contribution in [2.24, 2.45) is 5.73 Å². The van der Waals surface area contributed by atoms with Crippen molar-refractivity contribution < 1.29 is 38.1 Å². The third-order valence-electron chi connectivity index (χ3n) is 6.81. The predicted molar refractivity (Wildman–Crippen MR) is 157 cm³/mol. The first-order valence-corrected chi connectivity index (χ1v) is 13.0. The number of hydrogen-bond donors (Lipinski definition) is 3. The van der Waals surface area contributed by atoms with Gasteiger partial charge < -0.3 is 25.4 Å². The molecular formula is C29H33Cl2F2N3O6. The van der Waals surface area contributed by atoms with Crippen molar-refractivity contribution in [3.05, 3.63) is 71.3 Å². The number of carbonyl (C=O) groups is 2. The van der Waals surface area contributed by atoms with Crippen LogP contribution in [-0.2, 0) is 22.7 Å². The van der Waals surface area contributed by atoms with Gasteiger partial charge in [0, 0.05) is 24.7 Å². The summed E-state index contributed by atoms with van der Waals surface area (Å²) in [5.74, 6) is -5.67. The van der Waals surface area contributed by atoms with Gasteiger partial charge in [-0.15, -0.1) is 24.8 Å². The quantitative estimate of drug-likeness (QED) is 0.241. The van der Waals surface area contributed by atoms with Gasteiger partial charge in [-0.3, -0.25) is 9.69 Å². The summed E-state index contributed by atoms with van der Waals surface area (Å²) in [7, 11) is 0. The molecule has 0 amide bonds. The van der Waals surface area contributed by atoms with Crippen LogP contribution >= 0.6 is 24.8 Å². The topological polar surface area (TPSA) is 135 Å². The van der Waals surface area contributed by atoms with E-state index >= 15 is 0 Å². The van der Waals surface area contributed by atoms with E-state index in [-0.39, 0.29) is 43.5 Å². The average Bonchev–Trinajstić information content (AvgIpc) is 2.94. The molecule has 13 heteroatoms. The molecule has 228 valence electrons. The van der Waals surface area contributed by atoms with Crippen LogP contribution in [0.3, 0.4) is 0 Å². The molecule has 0 bridgehead atoms. The van der Waals surface area contributed by atoms with Gasteiger partial charge in [0.2, 0.25) is 0 Å². The van der Waals surface area contributed by atoms with Crippen LogP contribution in [0.5, 0.6) is 17.5 Å². The summed E-state index contributed by atoms with van der Waals surface area (Å²) in [6, 6.07) is 12.7. The van der Waals surface area contributed by atoms with E-state index in [1.54, 1.807) is 19.1 Å². The Morgan fingerprint density at radius 1 is 1.05 bits per heavy atom. The number of pyridine rings is 1. The molecule has 4 rings (SSSR count). The number of halogens is 4. The van der Waals surface area contributed by atoms with Crippen LogP contribution in [0.15, 0.2) is 48.5 Å². The van der Waals surface area contributed by atoms with E-state index in [9.17, 15) is 28.6 Å². The molecule has 1 aliphatic heterocycles. The molecule has 3 aromatic rings. The van der Waals surface area contributed by atoms with E-state index in [1.807, 2.05) is 35.2 Å². The highest BCUT2D eigenvalue weighted by Gasteiger charge is 2.29. The fourth-order valence-electron chi connectivity index (χ4n) is 4.65. The second kappa shape index (κ2) is 15.6. The Balaban J connectivity index is 0.00000308. The minimum atomic E-state index is -1.39. The van der Waals surface area contributed by atoms with Crippen LogP contribution in [-0.4, -0.2) is 50.7 Å². The van der Waals surface area contributed by atoms with Crippen LogP contribution < -0.4 is 15.2 Å². The van der Waals surface area contributed by atoms with Gasteiger partial charge in [-0.25, -0.2) is 13.6 Å². The zero-order valence-electron chi connectivity index (χ0n) is 22.8. The van der Waals surface area contributed by atoms with Crippen molar-refractivity contribution >= 4 is 36.8 Å². The lowest BCUT2D eigenvalue weighted by Crippen LogP contribution is -2.44. The first kappa shape index (κ1) is 34.7. The molecule has 1 saturated heterocycles. The van der Waals surface area contributed by atoms with Gasteiger partial charge in [-0.2, -0.15) is 4.98 Å². The molecule has 0 saturated carbocycles. The van der Waals surface area contributed by atoms with E-state index in [0.717, 1.165) is 29.5 Å². The second-order valence-electron chi connectivity index (χ2n) is 9.56. The van der Waals surface area contributed by atoms with Crippen molar-refractivity contribution in [2.75, 3.05) is 6.54 Å². The number of rotatable bonds is 11. The van der Waals surface area contributed by atoms with E-state index in [2.05, 4.69) is 4.98 Å². The second-order valence-corrected chi connectivity index (χ2v) is 9.56. The largest absolute Gasteiger partial charge is 0.480 e. The zero-order valence-corrected chi connectivity index (χ0v) is 24.4. The van der Waals surface area contributed by atoms with Gasteiger partial charge in [0.1, 0.15) is 11.8 Å². The maximum atomic E-state index is 14.9. The van der Waals surface area contributed by atoms with Gasteiger partial charge >= 0.3 is 11.9 Å². The highest BCUT2D eigenvalue weighted by Crippen LogP contribution is 2.35. The van der Waals surface area contributed by atoms with Crippen molar-refractivity contribution in [2.45, 2.75) is 57.8 Å². The number of likely N-dealkylation sites (tertiary alicyclic amines) is 1. The van der Waals surface area contributed by atoms with Crippen molar-refractivity contribution in [3.8, 4) is 28.6 Å². The Hall–Kier alpha value is -3.51. The molecule has 1 aromatic heterocycles. The molecule has 1 aliphatic rings. The molecule has 0 radical (unpaired) electrons. The van der Waals surface area contributed by atoms with Crippen LogP contribution in [0.25, 0.3) is 11.1 Å². The van der Waals surface area contributed by atoms with E-state index in [4.69, 9.17) is 15.2 Å². The molecule has 4 N–H and O–H groups in total. The summed E-state index contributed by atoms with van der Waals surface area (Å²) >= 11 is 0. The zero-order chi connectivity index (χ0) is 28.8. The molecule has 2 heterocycles. The van der Waals surface area contributed by atoms with E-state index < -0.39 is 47.5 Å². The summed E-state index contributed by atoms with van der Waals surface area (Å²) in [5, 5.41) is 19.0. The number of hydrogen-bond acceptors (Lipinski definition) is 7. The molecular weight excluding hydrogens is 595 g/mol. The number of aromatic nitrogens is 1. The number of nitrogens with zero attached hydrogens (tertiary/aromatic N) is 2. The normalized spacial score (nSPS) is 15.6. The predicted octanol–water partition coefficient (Wildman–Crippen LogP) is 5.80. The highest BCUT2D eigenvalue weighted by atomic mass is 35.5. The third-order valence-corrected chi connectivity index (χ3v) is 6.81. The first-order valence-electron chi connectivity index (χ1n) is 13.0. The molecule has 1 unspecified atom stereocenters. The lowest BCUT2D eigenvalue weighted by molar-refractivity contribution is -0.146. The van der Waals surface area contributed by atoms with Crippen molar-refractivity contribution in [3.63, 3.8) is 0 Å². The van der Waals surface area contributed by atoms with Crippen LogP contribution in [0.2, 0.25) is 0 Å². The molecule has 2 atom stereocenters. The Morgan fingerprint density at radius 2 is 1.76 bits per heavy atom. The van der Waals surface area contributed by atoms with Gasteiger partial charge in [-0.1, -0.05) is 43.7 Å². The molecule has 42 heavy (non-hydrogen) atoms. The Labute approximate surface area is 254 Å². The van der Waals surface area contributed by atoms with Crippen molar-refractivity contribution in [1.29, 1.82) is 0 Å². The minimum absolute atomic E-state index is 0. The number of piperidine rings is 1. The summed E-state index contributed by atoms with van der Waals surface area (Å²) in [6.07, 6.45) is 0.781. The number of ether oxygens (including phenoxy) is 2. The SMILES string of the molecule is CC[C@@H](Oc1nc(Oc2cc(-c3cccc(CN)c3)ccc2CN2CCCCC2C(=O)O)c(F)cc1F)C(=O)O.Cl.Cl. The molecule has 9 nitrogen and oxygen atoms in total. The Morgan fingerprint density at radius 3 is 2.43 bits per heavy atom. The Bertz CT molecular complexity index is 1400. The fraction of sp³-hybridized carbons (Fsp3) is 0.345. The molecule has 1 fully saturated rings. The molecule has 2 aromatic carbocycles. The first-order chi connectivity index (χ1) is 19.2. The molecule has 0 spiro atoms. The number of carboxylic acid groups (broad SMARTS) is 2. The van der Waals surface area contributed by atoms with Gasteiger partial charge in [0.25, 0.3) is 11.8 Å². The third kappa shape index (κ3) is 8.28. The monoisotopic (exact) mass is 627 g/mol.